The van der Waals surface area contributed by atoms with Crippen LogP contribution in [0.3, 0.4) is 0 Å². The molecule has 94 valence electrons. The van der Waals surface area contributed by atoms with Crippen LogP contribution in [-0.2, 0) is 12.0 Å². The van der Waals surface area contributed by atoms with Crippen molar-refractivity contribution in [2.45, 2.75) is 39.7 Å². The van der Waals surface area contributed by atoms with E-state index in [0.717, 1.165) is 25.3 Å². The van der Waals surface area contributed by atoms with Gasteiger partial charge in [-0.1, -0.05) is 27.7 Å². The average Bonchev–Trinajstić information content (AvgIpc) is 2.13. The lowest BCUT2D eigenvalue weighted by molar-refractivity contribution is 0.172. The number of hydrogen-bond donors (Lipinski definition) is 1. The van der Waals surface area contributed by atoms with E-state index in [1.165, 1.54) is 11.3 Å². The predicted molar refractivity (Wildman–Crippen MR) is 71.8 cm³/mol. The molecule has 0 atom stereocenters. The molecular formula is C14H23N3. The van der Waals surface area contributed by atoms with Crippen molar-refractivity contribution in [1.29, 1.82) is 0 Å². The second-order valence-electron chi connectivity index (χ2n) is 6.22. The van der Waals surface area contributed by atoms with Crippen LogP contribution in [0, 0.1) is 5.92 Å². The zero-order valence-electron chi connectivity index (χ0n) is 11.3. The first-order valence-corrected chi connectivity index (χ1v) is 6.36. The van der Waals surface area contributed by atoms with Crippen molar-refractivity contribution in [3.63, 3.8) is 0 Å². The normalized spacial score (nSPS) is 19.4. The monoisotopic (exact) mass is 233 g/mol. The second-order valence-corrected chi connectivity index (χ2v) is 6.22. The summed E-state index contributed by atoms with van der Waals surface area (Å²) in [7, 11) is 0. The minimum Gasteiger partial charge on any atom is -0.397 e. The molecule has 0 saturated carbocycles. The average molecular weight is 233 g/mol. The quantitative estimate of drug-likeness (QED) is 0.853. The Morgan fingerprint density at radius 3 is 2.82 bits per heavy atom. The van der Waals surface area contributed by atoms with Crippen LogP contribution in [0.15, 0.2) is 12.3 Å². The largest absolute Gasteiger partial charge is 0.397 e. The molecule has 0 amide bonds. The van der Waals surface area contributed by atoms with Crippen LogP contribution in [0.5, 0.6) is 0 Å². The van der Waals surface area contributed by atoms with Crippen LogP contribution in [0.25, 0.3) is 0 Å². The van der Waals surface area contributed by atoms with Crippen molar-refractivity contribution < 1.29 is 0 Å². The summed E-state index contributed by atoms with van der Waals surface area (Å²) >= 11 is 0. The molecule has 0 aliphatic carbocycles. The molecule has 0 spiro atoms. The number of nitrogen functional groups attached to an aromatic ring is 1. The van der Waals surface area contributed by atoms with Gasteiger partial charge in [0.15, 0.2) is 0 Å². The van der Waals surface area contributed by atoms with Crippen molar-refractivity contribution in [2.24, 2.45) is 5.92 Å². The standard InChI is InChI=1S/C14H23N3/c1-10(2)7-17-8-11-5-12(15)6-16-13(11)14(3,4)9-17/h5-6,10H,7-9,15H2,1-4H3. The maximum absolute atomic E-state index is 5.84. The third-order valence-electron chi connectivity index (χ3n) is 3.27. The SMILES string of the molecule is CC(C)CN1Cc2cc(N)cnc2C(C)(C)C1. The lowest BCUT2D eigenvalue weighted by Gasteiger charge is -2.39. The van der Waals surface area contributed by atoms with Gasteiger partial charge in [0, 0.05) is 25.0 Å². The van der Waals surface area contributed by atoms with Crippen molar-refractivity contribution in [3.05, 3.63) is 23.5 Å². The predicted octanol–water partition coefficient (Wildman–Crippen LogP) is 2.41. The van der Waals surface area contributed by atoms with E-state index in [9.17, 15) is 0 Å². The summed E-state index contributed by atoms with van der Waals surface area (Å²) in [5.41, 5.74) is 9.23. The van der Waals surface area contributed by atoms with Gasteiger partial charge in [0.05, 0.1) is 17.6 Å². The van der Waals surface area contributed by atoms with E-state index in [0.29, 0.717) is 5.92 Å². The Kier molecular flexibility index (Phi) is 3.13. The first-order chi connectivity index (χ1) is 7.88. The van der Waals surface area contributed by atoms with Gasteiger partial charge >= 0.3 is 0 Å². The lowest BCUT2D eigenvalue weighted by Crippen LogP contribution is -2.44. The van der Waals surface area contributed by atoms with Gasteiger partial charge in [-0.3, -0.25) is 9.88 Å². The van der Waals surface area contributed by atoms with Crippen molar-refractivity contribution in [3.8, 4) is 0 Å². The molecule has 1 aliphatic heterocycles. The highest BCUT2D eigenvalue weighted by Crippen LogP contribution is 2.32. The van der Waals surface area contributed by atoms with Crippen molar-refractivity contribution in [2.75, 3.05) is 18.8 Å². The Labute approximate surface area is 104 Å². The van der Waals surface area contributed by atoms with E-state index >= 15 is 0 Å². The molecule has 0 radical (unpaired) electrons. The summed E-state index contributed by atoms with van der Waals surface area (Å²) < 4.78 is 0. The summed E-state index contributed by atoms with van der Waals surface area (Å²) in [6.07, 6.45) is 1.78. The molecular weight excluding hydrogens is 210 g/mol. The molecule has 1 aromatic heterocycles. The fourth-order valence-corrected chi connectivity index (χ4v) is 2.83. The molecule has 0 fully saturated rings. The van der Waals surface area contributed by atoms with Gasteiger partial charge in [0.2, 0.25) is 0 Å². The van der Waals surface area contributed by atoms with Crippen molar-refractivity contribution >= 4 is 5.69 Å². The summed E-state index contributed by atoms with van der Waals surface area (Å²) in [6.45, 7) is 12.3. The molecule has 3 nitrogen and oxygen atoms in total. The van der Waals surface area contributed by atoms with Gasteiger partial charge in [0.25, 0.3) is 0 Å². The van der Waals surface area contributed by atoms with Crippen molar-refractivity contribution in [1.82, 2.24) is 9.88 Å². The smallest absolute Gasteiger partial charge is 0.0519 e. The second kappa shape index (κ2) is 4.30. The Bertz CT molecular complexity index is 410. The van der Waals surface area contributed by atoms with E-state index in [1.807, 2.05) is 0 Å². The van der Waals surface area contributed by atoms with Crippen LogP contribution in [-0.4, -0.2) is 23.0 Å². The zero-order chi connectivity index (χ0) is 12.6. The number of nitrogens with two attached hydrogens (primary N) is 1. The number of rotatable bonds is 2. The summed E-state index contributed by atoms with van der Waals surface area (Å²) in [5.74, 6) is 0.696. The zero-order valence-corrected chi connectivity index (χ0v) is 11.3. The minimum atomic E-state index is 0.121. The molecule has 3 heteroatoms. The summed E-state index contributed by atoms with van der Waals surface area (Å²) in [5, 5.41) is 0. The Morgan fingerprint density at radius 1 is 1.47 bits per heavy atom. The summed E-state index contributed by atoms with van der Waals surface area (Å²) in [6, 6.07) is 2.08. The van der Waals surface area contributed by atoms with Gasteiger partial charge in [-0.2, -0.15) is 0 Å². The van der Waals surface area contributed by atoms with Gasteiger partial charge < -0.3 is 5.73 Å². The number of fused-ring (bicyclic) bond motifs is 1. The maximum Gasteiger partial charge on any atom is 0.0519 e. The summed E-state index contributed by atoms with van der Waals surface area (Å²) in [4.78, 5) is 7.04. The first-order valence-electron chi connectivity index (χ1n) is 6.36. The van der Waals surface area contributed by atoms with Gasteiger partial charge in [-0.15, -0.1) is 0 Å². The minimum absolute atomic E-state index is 0.121. The van der Waals surface area contributed by atoms with E-state index in [1.54, 1.807) is 6.20 Å². The number of pyridine rings is 1. The molecule has 2 heterocycles. The number of aromatic nitrogens is 1. The van der Waals surface area contributed by atoms with E-state index in [2.05, 4.69) is 43.6 Å². The van der Waals surface area contributed by atoms with Gasteiger partial charge in [-0.25, -0.2) is 0 Å². The lowest BCUT2D eigenvalue weighted by atomic mass is 9.82. The molecule has 2 rings (SSSR count). The Balaban J connectivity index is 2.31. The Morgan fingerprint density at radius 2 is 2.18 bits per heavy atom. The highest BCUT2D eigenvalue weighted by Gasteiger charge is 2.33. The van der Waals surface area contributed by atoms with Crippen LogP contribution in [0.1, 0.15) is 39.0 Å². The van der Waals surface area contributed by atoms with E-state index in [-0.39, 0.29) is 5.41 Å². The van der Waals surface area contributed by atoms with Crippen LogP contribution in [0.2, 0.25) is 0 Å². The fraction of sp³-hybridized carbons (Fsp3) is 0.643. The molecule has 0 saturated heterocycles. The molecule has 0 bridgehead atoms. The highest BCUT2D eigenvalue weighted by molar-refractivity contribution is 5.43. The highest BCUT2D eigenvalue weighted by atomic mass is 15.1. The molecule has 2 N–H and O–H groups in total. The van der Waals surface area contributed by atoms with Gasteiger partial charge in [0.1, 0.15) is 0 Å². The topological polar surface area (TPSA) is 42.1 Å². The van der Waals surface area contributed by atoms with E-state index < -0.39 is 0 Å². The molecule has 0 unspecified atom stereocenters. The maximum atomic E-state index is 5.84. The number of anilines is 1. The van der Waals surface area contributed by atoms with Crippen LogP contribution >= 0.6 is 0 Å². The first kappa shape index (κ1) is 12.4. The van der Waals surface area contributed by atoms with Gasteiger partial charge in [-0.05, 0) is 17.5 Å². The van der Waals surface area contributed by atoms with E-state index in [4.69, 9.17) is 5.73 Å². The fourth-order valence-electron chi connectivity index (χ4n) is 2.83. The molecule has 1 aromatic rings. The van der Waals surface area contributed by atoms with Crippen LogP contribution in [0.4, 0.5) is 5.69 Å². The molecule has 17 heavy (non-hydrogen) atoms. The number of nitrogens with zero attached hydrogens (tertiary/aromatic N) is 2. The molecule has 1 aliphatic rings. The third-order valence-corrected chi connectivity index (χ3v) is 3.27. The third kappa shape index (κ3) is 2.60. The van der Waals surface area contributed by atoms with Crippen LogP contribution < -0.4 is 5.73 Å². The molecule has 0 aromatic carbocycles. The Hall–Kier alpha value is -1.09. The number of hydrogen-bond acceptors (Lipinski definition) is 3.